The van der Waals surface area contributed by atoms with Crippen molar-refractivity contribution >= 4 is 5.96 Å². The van der Waals surface area contributed by atoms with Crippen LogP contribution in [0.3, 0.4) is 0 Å². The Hall–Kier alpha value is -1.80. The van der Waals surface area contributed by atoms with E-state index in [1.807, 2.05) is 13.8 Å². The molecule has 0 amide bonds. The van der Waals surface area contributed by atoms with Gasteiger partial charge in [-0.2, -0.15) is 13.2 Å². The molecule has 1 saturated heterocycles. The summed E-state index contributed by atoms with van der Waals surface area (Å²) in [7, 11) is 1.66. The van der Waals surface area contributed by atoms with E-state index in [1.54, 1.807) is 13.2 Å². The first kappa shape index (κ1) is 24.5. The molecule has 1 N–H and O–H groups in total. The largest absolute Gasteiger partial charge is 0.416 e. The Bertz CT molecular complexity index is 667. The Balaban J connectivity index is 1.87. The average Bonchev–Trinajstić information content (AvgIpc) is 3.19. The molecule has 1 aromatic rings. The number of halogens is 3. The van der Waals surface area contributed by atoms with E-state index in [9.17, 15) is 13.2 Å². The highest BCUT2D eigenvalue weighted by molar-refractivity contribution is 5.80. The minimum absolute atomic E-state index is 0.000521. The van der Waals surface area contributed by atoms with Gasteiger partial charge in [-0.25, -0.2) is 0 Å². The SMILES string of the molecule is CCNC(=NCCC(C)c1cccc(C(F)(F)F)c1)N1CCC(COCCOC)C1. The normalized spacial score (nSPS) is 18.7. The molecule has 30 heavy (non-hydrogen) atoms. The van der Waals surface area contributed by atoms with Crippen LogP contribution in [-0.4, -0.2) is 64.0 Å². The lowest BCUT2D eigenvalue weighted by Gasteiger charge is -2.22. The first-order valence-electron chi connectivity index (χ1n) is 10.6. The molecular formula is C22H34F3N3O2. The third kappa shape index (κ3) is 7.80. The Kier molecular flexibility index (Phi) is 9.91. The Morgan fingerprint density at radius 2 is 2.13 bits per heavy atom. The van der Waals surface area contributed by atoms with Crippen LogP contribution in [-0.2, 0) is 15.7 Å². The fourth-order valence-corrected chi connectivity index (χ4v) is 3.53. The van der Waals surface area contributed by atoms with Crippen LogP contribution in [0.4, 0.5) is 13.2 Å². The summed E-state index contributed by atoms with van der Waals surface area (Å²) < 4.78 is 49.5. The first-order chi connectivity index (χ1) is 14.3. The summed E-state index contributed by atoms with van der Waals surface area (Å²) in [4.78, 5) is 6.96. The zero-order valence-electron chi connectivity index (χ0n) is 18.2. The molecule has 1 aliphatic heterocycles. The van der Waals surface area contributed by atoms with Gasteiger partial charge in [0.25, 0.3) is 0 Å². The van der Waals surface area contributed by atoms with E-state index in [-0.39, 0.29) is 5.92 Å². The molecule has 0 radical (unpaired) electrons. The second kappa shape index (κ2) is 12.2. The summed E-state index contributed by atoms with van der Waals surface area (Å²) in [5.41, 5.74) is 0.0963. The fraction of sp³-hybridized carbons (Fsp3) is 0.682. The van der Waals surface area contributed by atoms with Crippen molar-refractivity contribution in [2.45, 2.75) is 38.8 Å². The summed E-state index contributed by atoms with van der Waals surface area (Å²) >= 11 is 0. The maximum Gasteiger partial charge on any atom is 0.416 e. The van der Waals surface area contributed by atoms with E-state index in [1.165, 1.54) is 12.1 Å². The zero-order valence-corrected chi connectivity index (χ0v) is 18.2. The third-order valence-electron chi connectivity index (χ3n) is 5.31. The van der Waals surface area contributed by atoms with Gasteiger partial charge in [-0.05, 0) is 37.3 Å². The lowest BCUT2D eigenvalue weighted by atomic mass is 9.96. The lowest BCUT2D eigenvalue weighted by molar-refractivity contribution is -0.137. The zero-order chi connectivity index (χ0) is 22.0. The molecule has 1 fully saturated rings. The monoisotopic (exact) mass is 429 g/mol. The molecule has 2 rings (SSSR count). The topological polar surface area (TPSA) is 46.1 Å². The van der Waals surface area contributed by atoms with Crippen LogP contribution in [0.15, 0.2) is 29.3 Å². The number of hydrogen-bond acceptors (Lipinski definition) is 3. The number of guanidine groups is 1. The molecule has 8 heteroatoms. The molecule has 0 bridgehead atoms. The van der Waals surface area contributed by atoms with Gasteiger partial charge in [0.05, 0.1) is 25.4 Å². The van der Waals surface area contributed by atoms with Crippen LogP contribution in [0.5, 0.6) is 0 Å². The van der Waals surface area contributed by atoms with Crippen LogP contribution >= 0.6 is 0 Å². The summed E-state index contributed by atoms with van der Waals surface area (Å²) in [5, 5.41) is 3.33. The second-order valence-electron chi connectivity index (χ2n) is 7.72. The highest BCUT2D eigenvalue weighted by Gasteiger charge is 2.30. The first-order valence-corrected chi connectivity index (χ1v) is 10.6. The van der Waals surface area contributed by atoms with E-state index < -0.39 is 11.7 Å². The van der Waals surface area contributed by atoms with Crippen molar-refractivity contribution in [3.8, 4) is 0 Å². The Morgan fingerprint density at radius 3 is 2.83 bits per heavy atom. The quantitative estimate of drug-likeness (QED) is 0.345. The maximum absolute atomic E-state index is 12.9. The van der Waals surface area contributed by atoms with Crippen LogP contribution in [0.2, 0.25) is 0 Å². The number of likely N-dealkylation sites (tertiary alicyclic amines) is 1. The summed E-state index contributed by atoms with van der Waals surface area (Å²) in [6.45, 7) is 9.04. The van der Waals surface area contributed by atoms with Crippen molar-refractivity contribution in [3.63, 3.8) is 0 Å². The van der Waals surface area contributed by atoms with Crippen molar-refractivity contribution in [2.24, 2.45) is 10.9 Å². The minimum atomic E-state index is -4.31. The van der Waals surface area contributed by atoms with Crippen molar-refractivity contribution in [1.29, 1.82) is 0 Å². The number of alkyl halides is 3. The van der Waals surface area contributed by atoms with E-state index in [2.05, 4.69) is 10.2 Å². The highest BCUT2D eigenvalue weighted by Crippen LogP contribution is 2.31. The maximum atomic E-state index is 12.9. The summed E-state index contributed by atoms with van der Waals surface area (Å²) in [5.74, 6) is 1.34. The smallest absolute Gasteiger partial charge is 0.382 e. The van der Waals surface area contributed by atoms with Gasteiger partial charge in [0, 0.05) is 39.2 Å². The van der Waals surface area contributed by atoms with Gasteiger partial charge in [-0.3, -0.25) is 4.99 Å². The van der Waals surface area contributed by atoms with Crippen LogP contribution in [0.25, 0.3) is 0 Å². The van der Waals surface area contributed by atoms with Crippen molar-refractivity contribution in [2.75, 3.05) is 53.1 Å². The minimum Gasteiger partial charge on any atom is -0.382 e. The summed E-state index contributed by atoms with van der Waals surface area (Å²) in [6.07, 6.45) is -2.57. The number of benzene rings is 1. The Labute approximate surface area is 177 Å². The molecular weight excluding hydrogens is 395 g/mol. The molecule has 2 unspecified atom stereocenters. The predicted molar refractivity (Wildman–Crippen MR) is 113 cm³/mol. The number of aliphatic imine (C=N–C) groups is 1. The molecule has 5 nitrogen and oxygen atoms in total. The number of nitrogens with zero attached hydrogens (tertiary/aromatic N) is 2. The van der Waals surface area contributed by atoms with E-state index in [0.29, 0.717) is 44.3 Å². The number of rotatable bonds is 10. The van der Waals surface area contributed by atoms with Crippen LogP contribution in [0.1, 0.15) is 43.7 Å². The molecule has 0 aromatic heterocycles. The lowest BCUT2D eigenvalue weighted by Crippen LogP contribution is -2.40. The number of methoxy groups -OCH3 is 1. The highest BCUT2D eigenvalue weighted by atomic mass is 19.4. The van der Waals surface area contributed by atoms with Gasteiger partial charge in [0.1, 0.15) is 0 Å². The molecule has 2 atom stereocenters. The van der Waals surface area contributed by atoms with Crippen molar-refractivity contribution < 1.29 is 22.6 Å². The predicted octanol–water partition coefficient (Wildman–Crippen LogP) is 4.15. The van der Waals surface area contributed by atoms with Crippen molar-refractivity contribution in [3.05, 3.63) is 35.4 Å². The number of ether oxygens (including phenoxy) is 2. The van der Waals surface area contributed by atoms with E-state index in [4.69, 9.17) is 14.5 Å². The standard InChI is InChI=1S/C22H34F3N3O2/c1-4-26-21(28-11-9-18(15-28)16-30-13-12-29-3)27-10-8-17(2)19-6-5-7-20(14-19)22(23,24)25/h5-7,14,17-18H,4,8-13,15-16H2,1-3H3,(H,26,27). The van der Waals surface area contributed by atoms with Gasteiger partial charge in [-0.1, -0.05) is 25.1 Å². The fourth-order valence-electron chi connectivity index (χ4n) is 3.53. The van der Waals surface area contributed by atoms with E-state index in [0.717, 1.165) is 38.1 Å². The third-order valence-corrected chi connectivity index (χ3v) is 5.31. The van der Waals surface area contributed by atoms with Crippen molar-refractivity contribution in [1.82, 2.24) is 10.2 Å². The van der Waals surface area contributed by atoms with Gasteiger partial charge in [0.2, 0.25) is 0 Å². The Morgan fingerprint density at radius 1 is 1.33 bits per heavy atom. The average molecular weight is 430 g/mol. The van der Waals surface area contributed by atoms with Crippen LogP contribution in [0, 0.1) is 5.92 Å². The molecule has 1 heterocycles. The number of hydrogen-bond donors (Lipinski definition) is 1. The molecule has 1 aliphatic rings. The van der Waals surface area contributed by atoms with Gasteiger partial charge < -0.3 is 19.7 Å². The molecule has 0 aliphatic carbocycles. The molecule has 0 saturated carbocycles. The molecule has 170 valence electrons. The molecule has 0 spiro atoms. The number of nitrogens with one attached hydrogen (secondary N) is 1. The van der Waals surface area contributed by atoms with Gasteiger partial charge in [-0.15, -0.1) is 0 Å². The second-order valence-corrected chi connectivity index (χ2v) is 7.72. The van der Waals surface area contributed by atoms with Crippen LogP contribution < -0.4 is 5.32 Å². The van der Waals surface area contributed by atoms with E-state index >= 15 is 0 Å². The molecule has 1 aromatic carbocycles. The summed E-state index contributed by atoms with van der Waals surface area (Å²) in [6, 6.07) is 5.58. The van der Waals surface area contributed by atoms with Gasteiger partial charge >= 0.3 is 6.18 Å². The van der Waals surface area contributed by atoms with Gasteiger partial charge in [0.15, 0.2) is 5.96 Å².